The summed E-state index contributed by atoms with van der Waals surface area (Å²) in [4.78, 5) is 0. The van der Waals surface area contributed by atoms with Crippen molar-refractivity contribution >= 4 is 0 Å². The zero-order valence-electron chi connectivity index (χ0n) is 12.7. The van der Waals surface area contributed by atoms with Gasteiger partial charge in [0.2, 0.25) is 0 Å². The van der Waals surface area contributed by atoms with Crippen LogP contribution in [0.5, 0.6) is 11.5 Å². The number of methoxy groups -OCH3 is 1. The molecule has 1 N–H and O–H groups in total. The van der Waals surface area contributed by atoms with E-state index < -0.39 is 0 Å². The van der Waals surface area contributed by atoms with Crippen LogP contribution in [0.2, 0.25) is 0 Å². The second-order valence-corrected chi connectivity index (χ2v) is 4.88. The molecule has 1 rings (SSSR count). The van der Waals surface area contributed by atoms with Gasteiger partial charge in [-0.15, -0.1) is 0 Å². The Morgan fingerprint density at radius 3 is 2.58 bits per heavy atom. The molecule has 1 aromatic rings. The Kier molecular flexibility index (Phi) is 7.34. The first kappa shape index (κ1) is 15.8. The number of hydrogen-bond donors (Lipinski definition) is 1. The molecule has 3 nitrogen and oxygen atoms in total. The first-order chi connectivity index (χ1) is 9.21. The van der Waals surface area contributed by atoms with Crippen LogP contribution in [0.4, 0.5) is 0 Å². The zero-order chi connectivity index (χ0) is 14.1. The van der Waals surface area contributed by atoms with Crippen molar-refractivity contribution in [3.63, 3.8) is 0 Å². The molecule has 0 saturated carbocycles. The fourth-order valence-electron chi connectivity index (χ4n) is 2.01. The van der Waals surface area contributed by atoms with E-state index in [1.165, 1.54) is 5.56 Å². The number of hydrogen-bond acceptors (Lipinski definition) is 3. The van der Waals surface area contributed by atoms with E-state index in [4.69, 9.17) is 9.47 Å². The molecule has 3 heteroatoms. The van der Waals surface area contributed by atoms with Crippen molar-refractivity contribution in [1.29, 1.82) is 0 Å². The number of ether oxygens (including phenoxy) is 2. The highest BCUT2D eigenvalue weighted by Gasteiger charge is 2.09. The van der Waals surface area contributed by atoms with Gasteiger partial charge in [-0.25, -0.2) is 0 Å². The first-order valence-corrected chi connectivity index (χ1v) is 7.25. The summed E-state index contributed by atoms with van der Waals surface area (Å²) in [6.45, 7) is 8.34. The van der Waals surface area contributed by atoms with E-state index in [9.17, 15) is 0 Å². The lowest BCUT2D eigenvalue weighted by molar-refractivity contribution is 0.201. The van der Waals surface area contributed by atoms with E-state index in [1.54, 1.807) is 7.11 Å². The molecule has 0 aliphatic carbocycles. The summed E-state index contributed by atoms with van der Waals surface area (Å²) in [5, 5.41) is 3.39. The van der Waals surface area contributed by atoms with Crippen molar-refractivity contribution in [2.24, 2.45) is 0 Å². The van der Waals surface area contributed by atoms with Crippen molar-refractivity contribution in [3.8, 4) is 11.5 Å². The van der Waals surface area contributed by atoms with Gasteiger partial charge in [-0.2, -0.15) is 0 Å². The summed E-state index contributed by atoms with van der Waals surface area (Å²) >= 11 is 0. The molecule has 0 amide bonds. The normalized spacial score (nSPS) is 12.2. The molecule has 0 fully saturated rings. The standard InChI is InChI=1S/C16H27NO2/c1-5-7-13(3)19-15-9-8-14(11-16(15)18-4)12-17-10-6-2/h8-9,11,13,17H,5-7,10,12H2,1-4H3. The highest BCUT2D eigenvalue weighted by Crippen LogP contribution is 2.29. The van der Waals surface area contributed by atoms with Crippen LogP contribution in [0.25, 0.3) is 0 Å². The van der Waals surface area contributed by atoms with Gasteiger partial charge in [0, 0.05) is 6.54 Å². The van der Waals surface area contributed by atoms with E-state index in [0.717, 1.165) is 43.9 Å². The predicted octanol–water partition coefficient (Wildman–Crippen LogP) is 3.76. The summed E-state index contributed by atoms with van der Waals surface area (Å²) < 4.78 is 11.3. The maximum atomic E-state index is 5.91. The van der Waals surface area contributed by atoms with E-state index in [2.05, 4.69) is 38.2 Å². The highest BCUT2D eigenvalue weighted by atomic mass is 16.5. The summed E-state index contributed by atoms with van der Waals surface area (Å²) in [6.07, 6.45) is 3.56. The Bertz CT molecular complexity index is 366. The lowest BCUT2D eigenvalue weighted by Crippen LogP contribution is -2.14. The molecular weight excluding hydrogens is 238 g/mol. The van der Waals surface area contributed by atoms with Crippen LogP contribution < -0.4 is 14.8 Å². The third kappa shape index (κ3) is 5.52. The molecule has 0 saturated heterocycles. The van der Waals surface area contributed by atoms with E-state index in [1.807, 2.05) is 6.07 Å². The number of nitrogens with one attached hydrogen (secondary N) is 1. The van der Waals surface area contributed by atoms with Gasteiger partial charge in [-0.05, 0) is 44.0 Å². The Labute approximate surface area is 117 Å². The topological polar surface area (TPSA) is 30.5 Å². The second-order valence-electron chi connectivity index (χ2n) is 4.88. The van der Waals surface area contributed by atoms with Gasteiger partial charge in [0.25, 0.3) is 0 Å². The first-order valence-electron chi connectivity index (χ1n) is 7.25. The van der Waals surface area contributed by atoms with Crippen molar-refractivity contribution < 1.29 is 9.47 Å². The molecule has 1 unspecified atom stereocenters. The fourth-order valence-corrected chi connectivity index (χ4v) is 2.01. The lowest BCUT2D eigenvalue weighted by atomic mass is 10.2. The second kappa shape index (κ2) is 8.81. The predicted molar refractivity (Wildman–Crippen MR) is 80.0 cm³/mol. The van der Waals surface area contributed by atoms with Crippen LogP contribution in [0.1, 0.15) is 45.6 Å². The molecule has 0 aliphatic heterocycles. The largest absolute Gasteiger partial charge is 0.493 e. The maximum Gasteiger partial charge on any atom is 0.161 e. The minimum Gasteiger partial charge on any atom is -0.493 e. The lowest BCUT2D eigenvalue weighted by Gasteiger charge is -2.17. The number of benzene rings is 1. The molecule has 1 aromatic carbocycles. The van der Waals surface area contributed by atoms with Gasteiger partial charge >= 0.3 is 0 Å². The van der Waals surface area contributed by atoms with Gasteiger partial charge in [0.05, 0.1) is 13.2 Å². The zero-order valence-corrected chi connectivity index (χ0v) is 12.7. The van der Waals surface area contributed by atoms with Crippen LogP contribution in [0.15, 0.2) is 18.2 Å². The molecule has 1 atom stereocenters. The van der Waals surface area contributed by atoms with Gasteiger partial charge in [-0.1, -0.05) is 26.3 Å². The van der Waals surface area contributed by atoms with Crippen LogP contribution in [0, 0.1) is 0 Å². The molecule has 0 spiro atoms. The maximum absolute atomic E-state index is 5.91. The summed E-state index contributed by atoms with van der Waals surface area (Å²) in [7, 11) is 1.69. The molecule has 108 valence electrons. The van der Waals surface area contributed by atoms with Gasteiger partial charge in [0.1, 0.15) is 0 Å². The molecule has 0 heterocycles. The minimum absolute atomic E-state index is 0.225. The minimum atomic E-state index is 0.225. The summed E-state index contributed by atoms with van der Waals surface area (Å²) in [5.41, 5.74) is 1.22. The van der Waals surface area contributed by atoms with E-state index in [-0.39, 0.29) is 6.10 Å². The Hall–Kier alpha value is -1.22. The molecule has 0 radical (unpaired) electrons. The van der Waals surface area contributed by atoms with Crippen LogP contribution in [-0.2, 0) is 6.54 Å². The quantitative estimate of drug-likeness (QED) is 0.690. The SMILES string of the molecule is CCCNCc1ccc(OC(C)CCC)c(OC)c1. The van der Waals surface area contributed by atoms with Crippen molar-refractivity contribution in [2.75, 3.05) is 13.7 Å². The molecular formula is C16H27NO2. The van der Waals surface area contributed by atoms with Crippen molar-refractivity contribution in [2.45, 2.75) is 52.7 Å². The van der Waals surface area contributed by atoms with Gasteiger partial charge in [0.15, 0.2) is 11.5 Å². The summed E-state index contributed by atoms with van der Waals surface area (Å²) in [5.74, 6) is 1.65. The molecule has 19 heavy (non-hydrogen) atoms. The fraction of sp³-hybridized carbons (Fsp3) is 0.625. The van der Waals surface area contributed by atoms with E-state index in [0.29, 0.717) is 0 Å². The summed E-state index contributed by atoms with van der Waals surface area (Å²) in [6, 6.07) is 6.16. The number of rotatable bonds is 9. The highest BCUT2D eigenvalue weighted by molar-refractivity contribution is 5.43. The van der Waals surface area contributed by atoms with Crippen LogP contribution >= 0.6 is 0 Å². The van der Waals surface area contributed by atoms with Crippen molar-refractivity contribution in [1.82, 2.24) is 5.32 Å². The van der Waals surface area contributed by atoms with Crippen LogP contribution in [0.3, 0.4) is 0 Å². The average Bonchev–Trinajstić information content (AvgIpc) is 2.41. The molecule has 0 aliphatic rings. The van der Waals surface area contributed by atoms with Gasteiger partial charge < -0.3 is 14.8 Å². The van der Waals surface area contributed by atoms with E-state index >= 15 is 0 Å². The monoisotopic (exact) mass is 265 g/mol. The third-order valence-corrected chi connectivity index (χ3v) is 3.01. The third-order valence-electron chi connectivity index (χ3n) is 3.01. The molecule has 0 bridgehead atoms. The Morgan fingerprint density at radius 2 is 1.95 bits per heavy atom. The van der Waals surface area contributed by atoms with Crippen LogP contribution in [-0.4, -0.2) is 19.8 Å². The Morgan fingerprint density at radius 1 is 1.16 bits per heavy atom. The van der Waals surface area contributed by atoms with Crippen molar-refractivity contribution in [3.05, 3.63) is 23.8 Å². The molecule has 0 aromatic heterocycles. The smallest absolute Gasteiger partial charge is 0.161 e. The Balaban J connectivity index is 2.67. The average molecular weight is 265 g/mol. The van der Waals surface area contributed by atoms with Gasteiger partial charge in [-0.3, -0.25) is 0 Å².